The van der Waals surface area contributed by atoms with Crippen molar-refractivity contribution in [3.63, 3.8) is 0 Å². The Balaban J connectivity index is 2.19. The average Bonchev–Trinajstić information content (AvgIpc) is 2.91. The van der Waals surface area contributed by atoms with E-state index in [2.05, 4.69) is 10.5 Å². The van der Waals surface area contributed by atoms with Gasteiger partial charge < -0.3 is 5.11 Å². The first-order valence-corrected chi connectivity index (χ1v) is 7.77. The minimum absolute atomic E-state index is 0.595. The minimum Gasteiger partial charge on any atom is -0.464 e. The van der Waals surface area contributed by atoms with Crippen LogP contribution in [0.25, 0.3) is 23.1 Å². The molecule has 124 valence electrons. The van der Waals surface area contributed by atoms with Gasteiger partial charge in [-0.1, -0.05) is 54.7 Å². The van der Waals surface area contributed by atoms with Crippen molar-refractivity contribution in [2.75, 3.05) is 0 Å². The molecule has 2 aromatic rings. The van der Waals surface area contributed by atoms with Crippen molar-refractivity contribution in [2.24, 2.45) is 5.10 Å². The summed E-state index contributed by atoms with van der Waals surface area (Å²) in [6.45, 7) is 0. The highest BCUT2D eigenvalue weighted by Crippen LogP contribution is 2.28. The molecule has 1 aromatic heterocycles. The number of aromatic nitrogens is 1. The molecule has 2 heterocycles. The monoisotopic (exact) mass is 331 g/mol. The van der Waals surface area contributed by atoms with E-state index < -0.39 is 6.09 Å². The van der Waals surface area contributed by atoms with Gasteiger partial charge in [-0.2, -0.15) is 5.10 Å². The fraction of sp³-hybridized carbons (Fsp3) is 0. The van der Waals surface area contributed by atoms with Crippen molar-refractivity contribution in [2.45, 2.75) is 0 Å². The zero-order valence-electron chi connectivity index (χ0n) is 13.4. The smallest absolute Gasteiger partial charge is 0.416 e. The van der Waals surface area contributed by atoms with Crippen molar-refractivity contribution in [3.8, 4) is 0 Å². The standard InChI is InChI=1S/C20H17N3O2/c24-20(25)23-18-12-8-7-10-16(18)17-13-15-22-21-14-9-5-3-1-2-4-6-11-19(17)23/h1-15,22H,(H,24,25). The Bertz CT molecular complexity index is 957. The molecule has 2 N–H and O–H groups in total. The van der Waals surface area contributed by atoms with Gasteiger partial charge in [-0.05, 0) is 24.3 Å². The molecule has 0 radical (unpaired) electrons. The van der Waals surface area contributed by atoms with Crippen LogP contribution >= 0.6 is 0 Å². The van der Waals surface area contributed by atoms with Gasteiger partial charge in [0.25, 0.3) is 0 Å². The van der Waals surface area contributed by atoms with Gasteiger partial charge in [-0.25, -0.2) is 9.36 Å². The Morgan fingerprint density at radius 3 is 2.48 bits per heavy atom. The number of carbonyl (C=O) groups is 1. The summed E-state index contributed by atoms with van der Waals surface area (Å²) in [7, 11) is 0. The highest BCUT2D eigenvalue weighted by atomic mass is 16.4. The number of hydrogen-bond donors (Lipinski definition) is 2. The third-order valence-corrected chi connectivity index (χ3v) is 3.62. The number of hydrazone groups is 1. The molecule has 0 fully saturated rings. The topological polar surface area (TPSA) is 66.6 Å². The summed E-state index contributed by atoms with van der Waals surface area (Å²) in [4.78, 5) is 11.8. The van der Waals surface area contributed by atoms with Gasteiger partial charge in [0.05, 0.1) is 11.2 Å². The van der Waals surface area contributed by atoms with Crippen LogP contribution in [-0.4, -0.2) is 22.0 Å². The predicted octanol–water partition coefficient (Wildman–Crippen LogP) is 4.41. The molecule has 5 nitrogen and oxygen atoms in total. The molecule has 0 atom stereocenters. The van der Waals surface area contributed by atoms with Crippen LogP contribution in [0.3, 0.4) is 0 Å². The summed E-state index contributed by atoms with van der Waals surface area (Å²) in [5.74, 6) is 0. The molecule has 0 bridgehead atoms. The first kappa shape index (κ1) is 16.3. The molecule has 0 saturated carbocycles. The van der Waals surface area contributed by atoms with E-state index in [0.29, 0.717) is 11.2 Å². The summed E-state index contributed by atoms with van der Waals surface area (Å²) in [5.41, 5.74) is 4.87. The number of benzene rings is 1. The van der Waals surface area contributed by atoms with E-state index in [4.69, 9.17) is 0 Å². The molecule has 5 heteroatoms. The maximum atomic E-state index is 11.8. The fourth-order valence-corrected chi connectivity index (χ4v) is 2.60. The normalized spacial score (nSPS) is 14.1. The molecule has 1 aliphatic rings. The Kier molecular flexibility index (Phi) is 5.07. The van der Waals surface area contributed by atoms with Crippen LogP contribution in [0.2, 0.25) is 0 Å². The number of hydrogen-bond acceptors (Lipinski definition) is 3. The lowest BCUT2D eigenvalue weighted by molar-refractivity contribution is 0.197. The van der Waals surface area contributed by atoms with Crippen molar-refractivity contribution in [3.05, 3.63) is 84.3 Å². The molecule has 0 unspecified atom stereocenters. The molecule has 1 aliphatic heterocycles. The Labute approximate surface area is 145 Å². The first-order chi connectivity index (χ1) is 12.3. The summed E-state index contributed by atoms with van der Waals surface area (Å²) >= 11 is 0. The molecule has 0 amide bonds. The van der Waals surface area contributed by atoms with Gasteiger partial charge in [0.2, 0.25) is 0 Å². The molecular formula is C20H17N3O2. The van der Waals surface area contributed by atoms with E-state index in [1.165, 1.54) is 4.57 Å². The fourth-order valence-electron chi connectivity index (χ4n) is 2.60. The van der Waals surface area contributed by atoms with Crippen LogP contribution in [0.5, 0.6) is 0 Å². The number of nitrogens with one attached hydrogen (secondary N) is 1. The summed E-state index contributed by atoms with van der Waals surface area (Å²) < 4.78 is 1.29. The van der Waals surface area contributed by atoms with Gasteiger partial charge in [0.1, 0.15) is 0 Å². The lowest BCUT2D eigenvalue weighted by Gasteiger charge is -2.01. The molecule has 0 saturated heterocycles. The number of carboxylic acid groups (broad SMARTS) is 1. The molecule has 0 spiro atoms. The summed E-state index contributed by atoms with van der Waals surface area (Å²) in [5, 5.41) is 14.6. The zero-order chi connectivity index (χ0) is 17.5. The molecule has 1 aromatic carbocycles. The summed E-state index contributed by atoms with van der Waals surface area (Å²) in [6, 6.07) is 7.42. The van der Waals surface area contributed by atoms with Crippen molar-refractivity contribution in [1.29, 1.82) is 0 Å². The Morgan fingerprint density at radius 1 is 0.960 bits per heavy atom. The van der Waals surface area contributed by atoms with Gasteiger partial charge in [0.15, 0.2) is 0 Å². The van der Waals surface area contributed by atoms with E-state index in [9.17, 15) is 9.90 Å². The van der Waals surface area contributed by atoms with E-state index in [0.717, 1.165) is 10.9 Å². The van der Waals surface area contributed by atoms with E-state index in [1.807, 2.05) is 66.8 Å². The summed E-state index contributed by atoms with van der Waals surface area (Å²) in [6.07, 6.45) is 18.9. The average molecular weight is 331 g/mol. The van der Waals surface area contributed by atoms with Crippen molar-refractivity contribution >= 4 is 35.4 Å². The SMILES string of the molecule is O=C(O)n1c2c(c3ccccc31)C=CNN=CC=CC=CC=CC=C2. The van der Waals surface area contributed by atoms with Crippen LogP contribution in [0.4, 0.5) is 4.79 Å². The van der Waals surface area contributed by atoms with E-state index in [1.54, 1.807) is 24.6 Å². The lowest BCUT2D eigenvalue weighted by atomic mass is 10.1. The minimum atomic E-state index is -1.02. The Hall–Kier alpha value is -3.60. The molecular weight excluding hydrogens is 314 g/mol. The predicted molar refractivity (Wildman–Crippen MR) is 102 cm³/mol. The molecule has 25 heavy (non-hydrogen) atoms. The number of rotatable bonds is 0. The van der Waals surface area contributed by atoms with Crippen LogP contribution < -0.4 is 5.43 Å². The molecule has 0 aliphatic carbocycles. The Morgan fingerprint density at radius 2 is 1.68 bits per heavy atom. The number of allylic oxidation sites excluding steroid dienone is 7. The van der Waals surface area contributed by atoms with Crippen LogP contribution in [0, 0.1) is 0 Å². The molecule has 3 rings (SSSR count). The number of nitrogens with zero attached hydrogens (tertiary/aromatic N) is 2. The van der Waals surface area contributed by atoms with E-state index in [-0.39, 0.29) is 0 Å². The second-order valence-corrected chi connectivity index (χ2v) is 5.19. The van der Waals surface area contributed by atoms with Crippen molar-refractivity contribution < 1.29 is 9.90 Å². The van der Waals surface area contributed by atoms with E-state index >= 15 is 0 Å². The van der Waals surface area contributed by atoms with Crippen LogP contribution in [-0.2, 0) is 0 Å². The third kappa shape index (κ3) is 3.67. The lowest BCUT2D eigenvalue weighted by Crippen LogP contribution is -2.09. The van der Waals surface area contributed by atoms with Gasteiger partial charge in [-0.3, -0.25) is 5.43 Å². The number of para-hydroxylation sites is 1. The van der Waals surface area contributed by atoms with Gasteiger partial charge in [0, 0.05) is 23.4 Å². The van der Waals surface area contributed by atoms with Crippen LogP contribution in [0.1, 0.15) is 11.3 Å². The quantitative estimate of drug-likeness (QED) is 0.751. The largest absolute Gasteiger partial charge is 0.464 e. The number of fused-ring (bicyclic) bond motifs is 3. The van der Waals surface area contributed by atoms with Gasteiger partial charge >= 0.3 is 6.09 Å². The highest BCUT2D eigenvalue weighted by molar-refractivity contribution is 5.99. The maximum Gasteiger partial charge on any atom is 0.416 e. The second-order valence-electron chi connectivity index (χ2n) is 5.19. The van der Waals surface area contributed by atoms with Gasteiger partial charge in [-0.15, -0.1) is 0 Å². The van der Waals surface area contributed by atoms with Crippen LogP contribution in [0.15, 0.2) is 78.1 Å². The zero-order valence-corrected chi connectivity index (χ0v) is 13.4. The maximum absolute atomic E-state index is 11.8. The third-order valence-electron chi connectivity index (χ3n) is 3.62. The second kappa shape index (κ2) is 7.79. The first-order valence-electron chi connectivity index (χ1n) is 7.77. The van der Waals surface area contributed by atoms with Crippen molar-refractivity contribution in [1.82, 2.24) is 9.99 Å². The highest BCUT2D eigenvalue weighted by Gasteiger charge is 2.17.